The van der Waals surface area contributed by atoms with E-state index in [9.17, 15) is 4.79 Å². The number of carbonyl (C=O) groups is 1. The average molecular weight is 270 g/mol. The molecule has 1 atom stereocenters. The van der Waals surface area contributed by atoms with E-state index in [2.05, 4.69) is 15.3 Å². The van der Waals surface area contributed by atoms with Crippen molar-refractivity contribution < 1.29 is 4.79 Å². The van der Waals surface area contributed by atoms with Gasteiger partial charge >= 0.3 is 0 Å². The molecule has 0 bridgehead atoms. The van der Waals surface area contributed by atoms with E-state index in [0.29, 0.717) is 6.54 Å². The topological polar surface area (TPSA) is 80.9 Å². The standard InChI is InChI=1S/C15H18N4O/c1-11-8-18-13(9-17-11)10-19-15(20)14(7-16)12-5-3-2-4-6-12/h2-6,8-9,14H,7,10,16H2,1H3,(H,19,20). The van der Waals surface area contributed by atoms with Crippen molar-refractivity contribution in [3.05, 3.63) is 59.7 Å². The Hall–Kier alpha value is -2.27. The predicted octanol–water partition coefficient (Wildman–Crippen LogP) is 1.14. The van der Waals surface area contributed by atoms with Gasteiger partial charge in [-0.15, -0.1) is 0 Å². The van der Waals surface area contributed by atoms with Crippen molar-refractivity contribution in [2.45, 2.75) is 19.4 Å². The lowest BCUT2D eigenvalue weighted by Gasteiger charge is -2.15. The van der Waals surface area contributed by atoms with Gasteiger partial charge in [0.15, 0.2) is 0 Å². The third kappa shape index (κ3) is 3.61. The molecule has 5 nitrogen and oxygen atoms in total. The molecule has 0 spiro atoms. The maximum atomic E-state index is 12.2. The van der Waals surface area contributed by atoms with Crippen LogP contribution in [0.25, 0.3) is 0 Å². The van der Waals surface area contributed by atoms with Gasteiger partial charge in [0.1, 0.15) is 0 Å². The summed E-state index contributed by atoms with van der Waals surface area (Å²) in [5.41, 5.74) is 8.21. The van der Waals surface area contributed by atoms with Crippen molar-refractivity contribution in [2.24, 2.45) is 5.73 Å². The minimum absolute atomic E-state index is 0.0962. The zero-order valence-corrected chi connectivity index (χ0v) is 11.4. The summed E-state index contributed by atoms with van der Waals surface area (Å²) in [5.74, 6) is -0.435. The van der Waals surface area contributed by atoms with Gasteiger partial charge < -0.3 is 11.1 Å². The molecule has 2 rings (SSSR count). The van der Waals surface area contributed by atoms with Gasteiger partial charge in [-0.1, -0.05) is 30.3 Å². The summed E-state index contributed by atoms with van der Waals surface area (Å²) in [6.07, 6.45) is 3.34. The molecule has 0 radical (unpaired) electrons. The quantitative estimate of drug-likeness (QED) is 0.854. The van der Waals surface area contributed by atoms with Crippen molar-refractivity contribution in [1.29, 1.82) is 0 Å². The Morgan fingerprint density at radius 3 is 2.60 bits per heavy atom. The Labute approximate surface area is 118 Å². The summed E-state index contributed by atoms with van der Waals surface area (Å²) in [6, 6.07) is 9.52. The number of aryl methyl sites for hydroxylation is 1. The number of amides is 1. The minimum Gasteiger partial charge on any atom is -0.350 e. The van der Waals surface area contributed by atoms with Gasteiger partial charge in [0, 0.05) is 12.7 Å². The SMILES string of the molecule is Cc1cnc(CNC(=O)C(CN)c2ccccc2)cn1. The van der Waals surface area contributed by atoms with Gasteiger partial charge in [0.05, 0.1) is 30.0 Å². The van der Waals surface area contributed by atoms with Crippen LogP contribution in [0.2, 0.25) is 0 Å². The summed E-state index contributed by atoms with van der Waals surface area (Å²) >= 11 is 0. The van der Waals surface area contributed by atoms with E-state index in [1.54, 1.807) is 12.4 Å². The first kappa shape index (κ1) is 14.1. The molecule has 2 aromatic rings. The van der Waals surface area contributed by atoms with Crippen LogP contribution in [0.4, 0.5) is 0 Å². The van der Waals surface area contributed by atoms with Crippen LogP contribution in [0.15, 0.2) is 42.7 Å². The number of nitrogens with two attached hydrogens (primary N) is 1. The van der Waals surface area contributed by atoms with Crippen molar-refractivity contribution in [1.82, 2.24) is 15.3 Å². The Morgan fingerprint density at radius 2 is 2.00 bits per heavy atom. The molecular weight excluding hydrogens is 252 g/mol. The number of rotatable bonds is 5. The molecule has 104 valence electrons. The van der Waals surface area contributed by atoms with Crippen LogP contribution in [0.5, 0.6) is 0 Å². The summed E-state index contributed by atoms with van der Waals surface area (Å²) in [7, 11) is 0. The van der Waals surface area contributed by atoms with Crippen LogP contribution >= 0.6 is 0 Å². The molecule has 1 heterocycles. The number of benzene rings is 1. The molecule has 0 saturated carbocycles. The van der Waals surface area contributed by atoms with Gasteiger partial charge in [0.2, 0.25) is 5.91 Å². The van der Waals surface area contributed by atoms with E-state index in [4.69, 9.17) is 5.73 Å². The fourth-order valence-corrected chi connectivity index (χ4v) is 1.89. The molecular formula is C15H18N4O. The van der Waals surface area contributed by atoms with Gasteiger partial charge in [-0.05, 0) is 12.5 Å². The van der Waals surface area contributed by atoms with E-state index < -0.39 is 0 Å². The van der Waals surface area contributed by atoms with E-state index in [1.165, 1.54) is 0 Å². The van der Waals surface area contributed by atoms with Gasteiger partial charge in [0.25, 0.3) is 0 Å². The molecule has 1 unspecified atom stereocenters. The number of aromatic nitrogens is 2. The van der Waals surface area contributed by atoms with Crippen LogP contribution in [-0.2, 0) is 11.3 Å². The second-order valence-corrected chi connectivity index (χ2v) is 4.57. The molecule has 20 heavy (non-hydrogen) atoms. The first-order chi connectivity index (χ1) is 9.70. The largest absolute Gasteiger partial charge is 0.350 e. The Morgan fingerprint density at radius 1 is 1.25 bits per heavy atom. The fraction of sp³-hybridized carbons (Fsp3) is 0.267. The van der Waals surface area contributed by atoms with E-state index in [-0.39, 0.29) is 18.4 Å². The predicted molar refractivity (Wildman–Crippen MR) is 76.9 cm³/mol. The maximum Gasteiger partial charge on any atom is 0.229 e. The van der Waals surface area contributed by atoms with Crippen molar-refractivity contribution in [2.75, 3.05) is 6.54 Å². The van der Waals surface area contributed by atoms with Gasteiger partial charge in [-0.2, -0.15) is 0 Å². The third-order valence-corrected chi connectivity index (χ3v) is 3.03. The van der Waals surface area contributed by atoms with E-state index >= 15 is 0 Å². The number of hydrogen-bond donors (Lipinski definition) is 2. The highest BCUT2D eigenvalue weighted by Crippen LogP contribution is 2.14. The number of hydrogen-bond acceptors (Lipinski definition) is 4. The summed E-state index contributed by atoms with van der Waals surface area (Å²) in [4.78, 5) is 20.5. The Kier molecular flexibility index (Phi) is 4.79. The number of nitrogens with one attached hydrogen (secondary N) is 1. The lowest BCUT2D eigenvalue weighted by Crippen LogP contribution is -2.33. The van der Waals surface area contributed by atoms with Gasteiger partial charge in [-0.3, -0.25) is 14.8 Å². The van der Waals surface area contributed by atoms with E-state index in [1.807, 2.05) is 37.3 Å². The Bertz CT molecular complexity index is 554. The van der Waals surface area contributed by atoms with Crippen molar-refractivity contribution >= 4 is 5.91 Å². The first-order valence-electron chi connectivity index (χ1n) is 6.51. The highest BCUT2D eigenvalue weighted by atomic mass is 16.1. The summed E-state index contributed by atoms with van der Waals surface area (Å²) in [5, 5.41) is 2.85. The second-order valence-electron chi connectivity index (χ2n) is 4.57. The second kappa shape index (κ2) is 6.77. The average Bonchev–Trinajstić information content (AvgIpc) is 2.48. The molecule has 1 amide bonds. The smallest absolute Gasteiger partial charge is 0.229 e. The molecule has 1 aromatic heterocycles. The van der Waals surface area contributed by atoms with Crippen LogP contribution in [0.1, 0.15) is 22.9 Å². The van der Waals surface area contributed by atoms with Gasteiger partial charge in [-0.25, -0.2) is 0 Å². The zero-order valence-electron chi connectivity index (χ0n) is 11.4. The molecule has 0 aliphatic heterocycles. The molecule has 0 aliphatic rings. The highest BCUT2D eigenvalue weighted by molar-refractivity contribution is 5.83. The monoisotopic (exact) mass is 270 g/mol. The number of nitrogens with zero attached hydrogens (tertiary/aromatic N) is 2. The van der Waals surface area contributed by atoms with Crippen LogP contribution in [0.3, 0.4) is 0 Å². The molecule has 3 N–H and O–H groups in total. The normalized spacial score (nSPS) is 11.9. The van der Waals surface area contributed by atoms with Crippen molar-refractivity contribution in [3.8, 4) is 0 Å². The number of carbonyl (C=O) groups excluding carboxylic acids is 1. The lowest BCUT2D eigenvalue weighted by atomic mass is 9.98. The fourth-order valence-electron chi connectivity index (χ4n) is 1.89. The maximum absolute atomic E-state index is 12.2. The summed E-state index contributed by atoms with van der Waals surface area (Å²) in [6.45, 7) is 2.50. The first-order valence-corrected chi connectivity index (χ1v) is 6.51. The molecule has 1 aromatic carbocycles. The molecule has 5 heteroatoms. The summed E-state index contributed by atoms with van der Waals surface area (Å²) < 4.78 is 0. The van der Waals surface area contributed by atoms with Crippen LogP contribution in [0, 0.1) is 6.92 Å². The minimum atomic E-state index is -0.338. The zero-order chi connectivity index (χ0) is 14.4. The molecule has 0 fully saturated rings. The van der Waals surface area contributed by atoms with Crippen LogP contribution in [-0.4, -0.2) is 22.4 Å². The molecule has 0 saturated heterocycles. The Balaban J connectivity index is 1.98. The highest BCUT2D eigenvalue weighted by Gasteiger charge is 2.18. The van der Waals surface area contributed by atoms with E-state index in [0.717, 1.165) is 17.0 Å². The third-order valence-electron chi connectivity index (χ3n) is 3.03. The molecule has 0 aliphatic carbocycles. The van der Waals surface area contributed by atoms with Crippen LogP contribution < -0.4 is 11.1 Å². The van der Waals surface area contributed by atoms with Crippen molar-refractivity contribution in [3.63, 3.8) is 0 Å². The lowest BCUT2D eigenvalue weighted by molar-refractivity contribution is -0.122.